The van der Waals surface area contributed by atoms with E-state index in [0.29, 0.717) is 0 Å². The van der Waals surface area contributed by atoms with Crippen LogP contribution in [-0.2, 0) is 6.54 Å². The van der Waals surface area contributed by atoms with Crippen molar-refractivity contribution in [1.29, 1.82) is 0 Å². The molecule has 0 unspecified atom stereocenters. The van der Waals surface area contributed by atoms with E-state index in [-0.39, 0.29) is 0 Å². The van der Waals surface area contributed by atoms with Crippen LogP contribution in [0.15, 0.2) is 12.1 Å². The summed E-state index contributed by atoms with van der Waals surface area (Å²) in [5.74, 6) is 0. The molecule has 19 heavy (non-hydrogen) atoms. The lowest BCUT2D eigenvalue weighted by atomic mass is 9.94. The molecule has 2 rings (SSSR count). The quantitative estimate of drug-likeness (QED) is 0.764. The fourth-order valence-corrected chi connectivity index (χ4v) is 3.92. The summed E-state index contributed by atoms with van der Waals surface area (Å²) in [4.78, 5) is 5.54. The largest absolute Gasteiger partial charge is 0.311 e. The number of aryl methyl sites for hydroxylation is 1. The van der Waals surface area contributed by atoms with Gasteiger partial charge in [0.15, 0.2) is 0 Å². The van der Waals surface area contributed by atoms with Gasteiger partial charge in [-0.3, -0.25) is 4.90 Å². The SMILES string of the molecule is CCN(CCNCc1ccc(C)s1)C1CCCCC1. The molecule has 2 nitrogen and oxygen atoms in total. The van der Waals surface area contributed by atoms with Gasteiger partial charge in [0, 0.05) is 35.4 Å². The first-order valence-electron chi connectivity index (χ1n) is 7.79. The molecule has 1 heterocycles. The molecule has 1 aliphatic carbocycles. The average molecular weight is 280 g/mol. The van der Waals surface area contributed by atoms with Crippen molar-refractivity contribution in [2.24, 2.45) is 0 Å². The second-order valence-electron chi connectivity index (χ2n) is 5.61. The molecule has 108 valence electrons. The Kier molecular flexibility index (Phi) is 6.35. The maximum Gasteiger partial charge on any atom is 0.0300 e. The third-order valence-corrected chi connectivity index (χ3v) is 5.17. The first-order valence-corrected chi connectivity index (χ1v) is 8.61. The second-order valence-corrected chi connectivity index (χ2v) is 6.98. The average Bonchev–Trinajstić information content (AvgIpc) is 2.86. The van der Waals surface area contributed by atoms with Crippen molar-refractivity contribution in [3.05, 3.63) is 21.9 Å². The van der Waals surface area contributed by atoms with E-state index in [1.54, 1.807) is 0 Å². The van der Waals surface area contributed by atoms with Crippen LogP contribution in [0.2, 0.25) is 0 Å². The van der Waals surface area contributed by atoms with Crippen molar-refractivity contribution in [3.63, 3.8) is 0 Å². The van der Waals surface area contributed by atoms with Gasteiger partial charge in [-0.2, -0.15) is 0 Å². The van der Waals surface area contributed by atoms with E-state index in [9.17, 15) is 0 Å². The van der Waals surface area contributed by atoms with E-state index in [0.717, 1.165) is 19.1 Å². The van der Waals surface area contributed by atoms with Gasteiger partial charge in [-0.15, -0.1) is 11.3 Å². The molecule has 0 saturated heterocycles. The Bertz CT molecular complexity index is 355. The van der Waals surface area contributed by atoms with Crippen LogP contribution in [0.3, 0.4) is 0 Å². The van der Waals surface area contributed by atoms with Crippen LogP contribution in [0.25, 0.3) is 0 Å². The van der Waals surface area contributed by atoms with Crippen LogP contribution in [0.5, 0.6) is 0 Å². The van der Waals surface area contributed by atoms with E-state index in [1.807, 2.05) is 11.3 Å². The first kappa shape index (κ1) is 15.0. The summed E-state index contributed by atoms with van der Waals surface area (Å²) in [5.41, 5.74) is 0. The van der Waals surface area contributed by atoms with Crippen molar-refractivity contribution in [2.75, 3.05) is 19.6 Å². The molecule has 1 N–H and O–H groups in total. The number of hydrogen-bond donors (Lipinski definition) is 1. The molecule has 1 fully saturated rings. The topological polar surface area (TPSA) is 15.3 Å². The molecule has 1 aromatic heterocycles. The highest BCUT2D eigenvalue weighted by molar-refractivity contribution is 7.11. The Labute approximate surface area is 122 Å². The first-order chi connectivity index (χ1) is 9.29. The monoisotopic (exact) mass is 280 g/mol. The molecule has 0 amide bonds. The third-order valence-electron chi connectivity index (χ3n) is 4.17. The molecule has 1 aromatic rings. The molecule has 0 bridgehead atoms. The molecule has 3 heteroatoms. The second kappa shape index (κ2) is 8.03. The molecule has 0 spiro atoms. The number of rotatable bonds is 7. The zero-order chi connectivity index (χ0) is 13.5. The number of thiophene rings is 1. The standard InChI is InChI=1S/C16H28N2S/c1-3-18(15-7-5-4-6-8-15)12-11-17-13-16-10-9-14(2)19-16/h9-10,15,17H,3-8,11-13H2,1-2H3. The molecule has 1 saturated carbocycles. The molecule has 1 aliphatic rings. The zero-order valence-electron chi connectivity index (χ0n) is 12.5. The predicted molar refractivity (Wildman–Crippen MR) is 84.9 cm³/mol. The fraction of sp³-hybridized carbons (Fsp3) is 0.750. The Hall–Kier alpha value is -0.380. The zero-order valence-corrected chi connectivity index (χ0v) is 13.3. The Morgan fingerprint density at radius 2 is 2.05 bits per heavy atom. The van der Waals surface area contributed by atoms with Gasteiger partial charge in [0.05, 0.1) is 0 Å². The van der Waals surface area contributed by atoms with E-state index in [2.05, 4.69) is 36.2 Å². The Morgan fingerprint density at radius 1 is 1.26 bits per heavy atom. The minimum atomic E-state index is 0.851. The lowest BCUT2D eigenvalue weighted by Gasteiger charge is -2.33. The highest BCUT2D eigenvalue weighted by Crippen LogP contribution is 2.22. The van der Waals surface area contributed by atoms with Crippen molar-refractivity contribution in [3.8, 4) is 0 Å². The summed E-state index contributed by atoms with van der Waals surface area (Å²) in [7, 11) is 0. The van der Waals surface area contributed by atoms with Crippen LogP contribution >= 0.6 is 11.3 Å². The van der Waals surface area contributed by atoms with E-state index >= 15 is 0 Å². The van der Waals surface area contributed by atoms with Crippen LogP contribution in [0.4, 0.5) is 0 Å². The molecule has 0 aliphatic heterocycles. The third kappa shape index (κ3) is 4.90. The van der Waals surface area contributed by atoms with Crippen molar-refractivity contribution in [2.45, 2.75) is 58.5 Å². The van der Waals surface area contributed by atoms with Gasteiger partial charge in [0.1, 0.15) is 0 Å². The summed E-state index contributed by atoms with van der Waals surface area (Å²) in [6, 6.07) is 5.30. The molecule has 0 atom stereocenters. The Balaban J connectivity index is 1.65. The molecule has 0 radical (unpaired) electrons. The van der Waals surface area contributed by atoms with E-state index in [4.69, 9.17) is 0 Å². The maximum absolute atomic E-state index is 3.59. The van der Waals surface area contributed by atoms with Crippen molar-refractivity contribution in [1.82, 2.24) is 10.2 Å². The Morgan fingerprint density at radius 3 is 2.68 bits per heavy atom. The van der Waals surface area contributed by atoms with Crippen LogP contribution in [0.1, 0.15) is 48.8 Å². The highest BCUT2D eigenvalue weighted by atomic mass is 32.1. The molecular weight excluding hydrogens is 252 g/mol. The number of nitrogens with one attached hydrogen (secondary N) is 1. The summed E-state index contributed by atoms with van der Waals surface area (Å²) in [6.07, 6.45) is 7.14. The van der Waals surface area contributed by atoms with E-state index in [1.165, 1.54) is 54.9 Å². The minimum Gasteiger partial charge on any atom is -0.311 e. The van der Waals surface area contributed by atoms with Gasteiger partial charge in [-0.25, -0.2) is 0 Å². The fourth-order valence-electron chi connectivity index (χ4n) is 3.06. The lowest BCUT2D eigenvalue weighted by molar-refractivity contribution is 0.164. The van der Waals surface area contributed by atoms with Gasteiger partial charge >= 0.3 is 0 Å². The van der Waals surface area contributed by atoms with Gasteiger partial charge in [0.25, 0.3) is 0 Å². The van der Waals surface area contributed by atoms with E-state index < -0.39 is 0 Å². The predicted octanol–water partition coefficient (Wildman–Crippen LogP) is 3.80. The van der Waals surface area contributed by atoms with Gasteiger partial charge in [-0.1, -0.05) is 26.2 Å². The number of likely N-dealkylation sites (N-methyl/N-ethyl adjacent to an activating group) is 1. The maximum atomic E-state index is 3.59. The number of hydrogen-bond acceptors (Lipinski definition) is 3. The lowest BCUT2D eigenvalue weighted by Crippen LogP contribution is -2.40. The minimum absolute atomic E-state index is 0.851. The summed E-state index contributed by atoms with van der Waals surface area (Å²) < 4.78 is 0. The van der Waals surface area contributed by atoms with Gasteiger partial charge in [-0.05, 0) is 38.4 Å². The van der Waals surface area contributed by atoms with Crippen LogP contribution in [-0.4, -0.2) is 30.6 Å². The van der Waals surface area contributed by atoms with Gasteiger partial charge < -0.3 is 5.32 Å². The summed E-state index contributed by atoms with van der Waals surface area (Å²) >= 11 is 1.90. The summed E-state index contributed by atoms with van der Waals surface area (Å²) in [6.45, 7) is 9.02. The molecule has 0 aromatic carbocycles. The van der Waals surface area contributed by atoms with Crippen molar-refractivity contribution >= 4 is 11.3 Å². The normalized spacial score (nSPS) is 17.2. The van der Waals surface area contributed by atoms with Crippen LogP contribution in [0, 0.1) is 6.92 Å². The van der Waals surface area contributed by atoms with Crippen LogP contribution < -0.4 is 5.32 Å². The molecular formula is C16H28N2S. The summed E-state index contributed by atoms with van der Waals surface area (Å²) in [5, 5.41) is 3.59. The smallest absolute Gasteiger partial charge is 0.0300 e. The van der Waals surface area contributed by atoms with Crippen molar-refractivity contribution < 1.29 is 0 Å². The highest BCUT2D eigenvalue weighted by Gasteiger charge is 2.18. The number of nitrogens with zero attached hydrogens (tertiary/aromatic N) is 1. The van der Waals surface area contributed by atoms with Gasteiger partial charge in [0.2, 0.25) is 0 Å².